The van der Waals surface area contributed by atoms with Crippen LogP contribution >= 0.6 is 11.8 Å². The average Bonchev–Trinajstić information content (AvgIpc) is 3.30. The summed E-state index contributed by atoms with van der Waals surface area (Å²) in [5.74, 6) is 0.586. The number of hydrazone groups is 1. The van der Waals surface area contributed by atoms with Crippen molar-refractivity contribution in [2.75, 3.05) is 7.11 Å². The number of carbonyl (C=O) groups excluding carboxylic acids is 1. The number of pyridine rings is 1. The summed E-state index contributed by atoms with van der Waals surface area (Å²) in [5, 5.41) is 15.4. The van der Waals surface area contributed by atoms with Crippen molar-refractivity contribution >= 4 is 39.8 Å². The number of nitrogens with zero attached hydrogens (tertiary/aromatic N) is 4. The van der Waals surface area contributed by atoms with Gasteiger partial charge in [-0.05, 0) is 60.2 Å². The predicted octanol–water partition coefficient (Wildman–Crippen LogP) is 4.65. The fourth-order valence-corrected chi connectivity index (χ4v) is 4.50. The van der Waals surface area contributed by atoms with Crippen LogP contribution < -0.4 is 9.47 Å². The lowest BCUT2D eigenvalue weighted by atomic mass is 10.1. The largest absolute Gasteiger partial charge is 0.493 e. The maximum Gasteiger partial charge on any atom is 0.283 e. The van der Waals surface area contributed by atoms with Gasteiger partial charge in [0.2, 0.25) is 5.17 Å². The van der Waals surface area contributed by atoms with Crippen molar-refractivity contribution in [1.29, 1.82) is 5.41 Å². The first-order valence-electron chi connectivity index (χ1n) is 10.8. The highest BCUT2D eigenvalue weighted by atomic mass is 32.2. The molecule has 5 rings (SSSR count). The SMILES string of the molecule is COc1cc(/C=C2/C(=N)N3N=C(c4cccnc4)SC3=NC2=O)ccc1OCc1cccc(C)c1. The number of aromatic nitrogens is 1. The molecule has 0 bridgehead atoms. The van der Waals surface area contributed by atoms with Crippen molar-refractivity contribution in [1.82, 2.24) is 9.99 Å². The van der Waals surface area contributed by atoms with Crippen molar-refractivity contribution in [2.45, 2.75) is 13.5 Å². The van der Waals surface area contributed by atoms with Crippen LogP contribution in [0.3, 0.4) is 0 Å². The van der Waals surface area contributed by atoms with Crippen molar-refractivity contribution in [3.05, 3.63) is 94.8 Å². The summed E-state index contributed by atoms with van der Waals surface area (Å²) >= 11 is 1.24. The fraction of sp³-hybridized carbons (Fsp3) is 0.115. The summed E-state index contributed by atoms with van der Waals surface area (Å²) < 4.78 is 11.5. The highest BCUT2D eigenvalue weighted by Crippen LogP contribution is 2.33. The molecule has 3 aromatic rings. The van der Waals surface area contributed by atoms with Gasteiger partial charge in [-0.1, -0.05) is 35.9 Å². The molecule has 0 spiro atoms. The third-order valence-electron chi connectivity index (χ3n) is 5.34. The lowest BCUT2D eigenvalue weighted by molar-refractivity contribution is -0.114. The van der Waals surface area contributed by atoms with E-state index in [1.165, 1.54) is 22.3 Å². The van der Waals surface area contributed by atoms with Gasteiger partial charge in [-0.15, -0.1) is 0 Å². The van der Waals surface area contributed by atoms with E-state index >= 15 is 0 Å². The van der Waals surface area contributed by atoms with Crippen molar-refractivity contribution in [3.8, 4) is 11.5 Å². The van der Waals surface area contributed by atoms with Crippen LogP contribution in [0.1, 0.15) is 22.3 Å². The Bertz CT molecular complexity index is 1420. The first-order chi connectivity index (χ1) is 17.0. The highest BCUT2D eigenvalue weighted by molar-refractivity contribution is 8.27. The van der Waals surface area contributed by atoms with Crippen LogP contribution in [-0.4, -0.2) is 39.1 Å². The van der Waals surface area contributed by atoms with Gasteiger partial charge in [0.25, 0.3) is 5.91 Å². The number of amidine groups is 2. The van der Waals surface area contributed by atoms with Gasteiger partial charge in [-0.25, -0.2) is 0 Å². The van der Waals surface area contributed by atoms with E-state index in [-0.39, 0.29) is 11.4 Å². The molecule has 2 aliphatic rings. The monoisotopic (exact) mass is 483 g/mol. The molecule has 2 aliphatic heterocycles. The first kappa shape index (κ1) is 22.5. The van der Waals surface area contributed by atoms with E-state index in [4.69, 9.17) is 14.9 Å². The second kappa shape index (κ2) is 9.55. The maximum absolute atomic E-state index is 12.7. The van der Waals surface area contributed by atoms with Gasteiger partial charge in [0.1, 0.15) is 11.7 Å². The van der Waals surface area contributed by atoms with Crippen molar-refractivity contribution < 1.29 is 14.3 Å². The van der Waals surface area contributed by atoms with E-state index < -0.39 is 5.91 Å². The number of hydrogen-bond donors (Lipinski definition) is 1. The van der Waals surface area contributed by atoms with Crippen LogP contribution in [0.5, 0.6) is 11.5 Å². The maximum atomic E-state index is 12.7. The fourth-order valence-electron chi connectivity index (χ4n) is 3.62. The highest BCUT2D eigenvalue weighted by Gasteiger charge is 2.36. The Hall–Kier alpha value is -4.24. The number of nitrogens with one attached hydrogen (secondary N) is 1. The summed E-state index contributed by atoms with van der Waals surface area (Å²) in [7, 11) is 1.56. The standard InChI is InChI=1S/C26H21N5O3S/c1-16-5-3-6-18(11-16)15-34-21-9-8-17(13-22(21)33-2)12-20-23(27)31-26(29-24(20)32)35-25(30-31)19-7-4-10-28-14-19/h3-14,27H,15H2,1-2H3/b20-12-,27-23?. The number of ether oxygens (including phenoxy) is 2. The summed E-state index contributed by atoms with van der Waals surface area (Å²) in [6.07, 6.45) is 4.97. The number of rotatable bonds is 6. The molecule has 0 saturated heterocycles. The molecule has 35 heavy (non-hydrogen) atoms. The van der Waals surface area contributed by atoms with Crippen LogP contribution in [0, 0.1) is 12.3 Å². The topological polar surface area (TPSA) is 100 Å². The van der Waals surface area contributed by atoms with E-state index in [9.17, 15) is 4.79 Å². The molecule has 0 atom stereocenters. The number of amides is 1. The molecular formula is C26H21N5O3S. The van der Waals surface area contributed by atoms with E-state index in [1.807, 2.05) is 37.3 Å². The van der Waals surface area contributed by atoms with Gasteiger partial charge in [-0.2, -0.15) is 15.1 Å². The number of methoxy groups -OCH3 is 1. The molecular weight excluding hydrogens is 462 g/mol. The molecule has 0 fully saturated rings. The number of carbonyl (C=O) groups is 1. The number of thioether (sulfide) groups is 1. The van der Waals surface area contributed by atoms with Gasteiger partial charge < -0.3 is 9.47 Å². The molecule has 0 radical (unpaired) electrons. The molecule has 1 aromatic heterocycles. The number of aryl methyl sites for hydroxylation is 1. The normalized spacial score (nSPS) is 16.2. The summed E-state index contributed by atoms with van der Waals surface area (Å²) in [5.41, 5.74) is 3.84. The Morgan fingerprint density at radius 2 is 2.00 bits per heavy atom. The minimum atomic E-state index is -0.491. The number of aliphatic imine (C=N–C) groups is 1. The summed E-state index contributed by atoms with van der Waals surface area (Å²) in [6.45, 7) is 2.44. The van der Waals surface area contributed by atoms with Crippen molar-refractivity contribution in [2.24, 2.45) is 10.1 Å². The number of benzene rings is 2. The van der Waals surface area contributed by atoms with Crippen LogP contribution in [0.25, 0.3) is 6.08 Å². The second-order valence-electron chi connectivity index (χ2n) is 7.85. The van der Waals surface area contributed by atoms with Crippen LogP contribution in [0.4, 0.5) is 0 Å². The van der Waals surface area contributed by atoms with E-state index in [0.29, 0.717) is 33.9 Å². The van der Waals surface area contributed by atoms with Gasteiger partial charge >= 0.3 is 0 Å². The molecule has 9 heteroatoms. The summed E-state index contributed by atoms with van der Waals surface area (Å²) in [4.78, 5) is 21.0. The minimum absolute atomic E-state index is 0.0369. The van der Waals surface area contributed by atoms with E-state index in [0.717, 1.165) is 11.1 Å². The Kier molecular flexibility index (Phi) is 6.15. The third-order valence-corrected chi connectivity index (χ3v) is 6.30. The zero-order valence-electron chi connectivity index (χ0n) is 19.1. The quantitative estimate of drug-likeness (QED) is 0.513. The molecule has 8 nitrogen and oxygen atoms in total. The van der Waals surface area contributed by atoms with Gasteiger partial charge in [0.05, 0.1) is 12.7 Å². The number of fused-ring (bicyclic) bond motifs is 1. The first-order valence-corrected chi connectivity index (χ1v) is 11.6. The Labute approximate surface area is 206 Å². The smallest absolute Gasteiger partial charge is 0.283 e. The lowest BCUT2D eigenvalue weighted by Crippen LogP contribution is -2.35. The summed E-state index contributed by atoms with van der Waals surface area (Å²) in [6, 6.07) is 17.1. The molecule has 0 aliphatic carbocycles. The van der Waals surface area contributed by atoms with Gasteiger partial charge in [0.15, 0.2) is 17.3 Å². The van der Waals surface area contributed by atoms with Gasteiger partial charge in [-0.3, -0.25) is 15.2 Å². The minimum Gasteiger partial charge on any atom is -0.493 e. The predicted molar refractivity (Wildman–Crippen MR) is 137 cm³/mol. The van der Waals surface area contributed by atoms with E-state index in [2.05, 4.69) is 21.1 Å². The molecule has 3 heterocycles. The van der Waals surface area contributed by atoms with Crippen LogP contribution in [-0.2, 0) is 11.4 Å². The van der Waals surface area contributed by atoms with E-state index in [1.54, 1.807) is 43.8 Å². The Morgan fingerprint density at radius 3 is 2.77 bits per heavy atom. The van der Waals surface area contributed by atoms with Crippen molar-refractivity contribution in [3.63, 3.8) is 0 Å². The molecule has 1 N–H and O–H groups in total. The Morgan fingerprint density at radius 1 is 1.11 bits per heavy atom. The zero-order chi connectivity index (χ0) is 24.4. The third kappa shape index (κ3) is 4.71. The lowest BCUT2D eigenvalue weighted by Gasteiger charge is -2.20. The van der Waals surface area contributed by atoms with Gasteiger partial charge in [0, 0.05) is 18.0 Å². The molecule has 0 saturated carbocycles. The Balaban J connectivity index is 1.38. The molecule has 2 aromatic carbocycles. The molecule has 174 valence electrons. The second-order valence-corrected chi connectivity index (χ2v) is 8.81. The molecule has 0 unspecified atom stereocenters. The molecule has 1 amide bonds. The zero-order valence-corrected chi connectivity index (χ0v) is 19.9. The van der Waals surface area contributed by atoms with Crippen LogP contribution in [0.2, 0.25) is 0 Å². The average molecular weight is 484 g/mol. The number of hydrogen-bond acceptors (Lipinski definition) is 7. The van der Waals surface area contributed by atoms with Crippen LogP contribution in [0.15, 0.2) is 82.7 Å².